The number of thioether (sulfide) groups is 4. The molecule has 0 nitrogen and oxygen atoms in total. The monoisotopic (exact) mass is 526 g/mol. The standard InChI is InChI=1S/2C8H12S4.Ni/c2*1-3-5-11-7(9)8(10)12-6-4-2;/h2*3-6,9-10H,1-2H3;/p-4/b2*5-3+,6-4+,8-7-;. The fourth-order valence-corrected chi connectivity index (χ4v) is 3.96. The number of hydrogen-bond donors (Lipinski definition) is 0. The van der Waals surface area contributed by atoms with Gasteiger partial charge < -0.3 is 50.5 Å². The van der Waals surface area contributed by atoms with Crippen molar-refractivity contribution >= 4 is 97.6 Å². The quantitative estimate of drug-likeness (QED) is 0.232. The minimum Gasteiger partial charge on any atom is -0.774 e. The van der Waals surface area contributed by atoms with Crippen LogP contribution in [0.4, 0.5) is 0 Å². The number of allylic oxidation sites excluding steroid dienone is 4. The van der Waals surface area contributed by atoms with Crippen LogP contribution in [0.15, 0.2) is 62.9 Å². The summed E-state index contributed by atoms with van der Waals surface area (Å²) in [5, 5.41) is 7.74. The Hall–Kier alpha value is 1.21. The summed E-state index contributed by atoms with van der Waals surface area (Å²) in [7, 11) is 0. The van der Waals surface area contributed by atoms with Crippen LogP contribution < -0.4 is 0 Å². The first-order chi connectivity index (χ1) is 11.4. The third kappa shape index (κ3) is 21.4. The largest absolute Gasteiger partial charge is 0.774 e. The van der Waals surface area contributed by atoms with Crippen molar-refractivity contribution in [2.45, 2.75) is 27.7 Å². The molecule has 0 aromatic heterocycles. The molecule has 0 atom stereocenters. The summed E-state index contributed by atoms with van der Waals surface area (Å²) in [6.45, 7) is 7.82. The van der Waals surface area contributed by atoms with Crippen LogP contribution >= 0.6 is 47.0 Å². The van der Waals surface area contributed by atoms with Crippen LogP contribution in [-0.4, -0.2) is 0 Å². The molecular weight excluding hydrogens is 507 g/mol. The van der Waals surface area contributed by atoms with Gasteiger partial charge in [-0.1, -0.05) is 24.3 Å². The minimum absolute atomic E-state index is 0. The third-order valence-electron chi connectivity index (χ3n) is 1.58. The molecule has 0 radical (unpaired) electrons. The zero-order chi connectivity index (χ0) is 18.8. The van der Waals surface area contributed by atoms with Crippen molar-refractivity contribution in [1.29, 1.82) is 0 Å². The normalized spacial score (nSPS) is 13.6. The van der Waals surface area contributed by atoms with Crippen molar-refractivity contribution in [2.75, 3.05) is 0 Å². The van der Waals surface area contributed by atoms with Crippen molar-refractivity contribution in [3.8, 4) is 0 Å². The smallest absolute Gasteiger partial charge is 0 e. The van der Waals surface area contributed by atoms with E-state index in [4.69, 9.17) is 50.5 Å². The molecule has 0 amide bonds. The summed E-state index contributed by atoms with van der Waals surface area (Å²) in [6, 6.07) is 0. The van der Waals surface area contributed by atoms with E-state index < -0.39 is 0 Å². The molecule has 0 fully saturated rings. The van der Waals surface area contributed by atoms with Gasteiger partial charge in [0.1, 0.15) is 0 Å². The first-order valence-corrected chi connectivity index (χ1v) is 11.9. The molecule has 146 valence electrons. The summed E-state index contributed by atoms with van der Waals surface area (Å²) in [5.74, 6) is 0. The molecule has 0 spiro atoms. The van der Waals surface area contributed by atoms with Gasteiger partial charge in [0.25, 0.3) is 0 Å². The SMILES string of the molecule is C/C=C/S/C([S-])=C(/[S-])S/C=C/C.C/C=C/S/C([S-])=C(/[S-])S/C=C/C.[Ni]. The molecule has 0 saturated heterocycles. The van der Waals surface area contributed by atoms with Gasteiger partial charge >= 0.3 is 0 Å². The molecule has 0 aliphatic rings. The van der Waals surface area contributed by atoms with Crippen molar-refractivity contribution in [2.24, 2.45) is 0 Å². The summed E-state index contributed by atoms with van der Waals surface area (Å²) in [4.78, 5) is 0. The Bertz CT molecular complexity index is 414. The van der Waals surface area contributed by atoms with Crippen LogP contribution in [0.1, 0.15) is 27.7 Å². The Morgan fingerprint density at radius 3 is 0.760 bits per heavy atom. The molecule has 0 saturated carbocycles. The predicted molar refractivity (Wildman–Crippen MR) is 133 cm³/mol. The minimum atomic E-state index is 0. The molecule has 0 bridgehead atoms. The Balaban J connectivity index is -0.000000372. The average molecular weight is 528 g/mol. The Morgan fingerprint density at radius 2 is 0.640 bits per heavy atom. The number of hydrogen-bond acceptors (Lipinski definition) is 8. The number of rotatable bonds is 8. The molecule has 0 aromatic carbocycles. The maximum Gasteiger partial charge on any atom is 0 e. The molecule has 9 heteroatoms. The Morgan fingerprint density at radius 1 is 0.480 bits per heavy atom. The molecule has 0 rings (SSSR count). The van der Waals surface area contributed by atoms with Crippen molar-refractivity contribution in [3.63, 3.8) is 0 Å². The molecule has 0 N–H and O–H groups in total. The molecular formula is C16H20NiS8-4. The topological polar surface area (TPSA) is 0 Å². The van der Waals surface area contributed by atoms with E-state index in [1.54, 1.807) is 0 Å². The van der Waals surface area contributed by atoms with Crippen LogP contribution in [0.2, 0.25) is 0 Å². The first kappa shape index (κ1) is 30.9. The van der Waals surface area contributed by atoms with Gasteiger partial charge in [-0.25, -0.2) is 0 Å². The Kier molecular flexibility index (Phi) is 28.8. The van der Waals surface area contributed by atoms with Gasteiger partial charge in [0.2, 0.25) is 0 Å². The molecule has 25 heavy (non-hydrogen) atoms. The molecule has 0 aromatic rings. The van der Waals surface area contributed by atoms with E-state index in [9.17, 15) is 0 Å². The molecule has 0 aliphatic heterocycles. The van der Waals surface area contributed by atoms with Gasteiger partial charge in [-0.15, -0.1) is 64.0 Å². The van der Waals surface area contributed by atoms with E-state index in [-0.39, 0.29) is 16.5 Å². The predicted octanol–water partition coefficient (Wildman–Crippen LogP) is 7.48. The summed E-state index contributed by atoms with van der Waals surface area (Å²) in [5.41, 5.74) is 0. The molecule has 0 aliphatic carbocycles. The van der Waals surface area contributed by atoms with Crippen molar-refractivity contribution in [1.82, 2.24) is 0 Å². The Labute approximate surface area is 202 Å². The second kappa shape index (κ2) is 23.3. The van der Waals surface area contributed by atoms with E-state index in [1.807, 2.05) is 73.6 Å². The fourth-order valence-electron chi connectivity index (χ4n) is 0.712. The van der Waals surface area contributed by atoms with Gasteiger partial charge in [0.15, 0.2) is 0 Å². The zero-order valence-corrected chi connectivity index (χ0v) is 21.7. The third-order valence-corrected chi connectivity index (χ3v) is 7.89. The summed E-state index contributed by atoms with van der Waals surface area (Å²) in [6.07, 6.45) is 7.78. The van der Waals surface area contributed by atoms with Gasteiger partial charge in [-0.05, 0) is 49.3 Å². The van der Waals surface area contributed by atoms with E-state index in [0.717, 1.165) is 16.9 Å². The van der Waals surface area contributed by atoms with Crippen LogP contribution in [0.5, 0.6) is 0 Å². The van der Waals surface area contributed by atoms with Crippen molar-refractivity contribution < 1.29 is 16.5 Å². The average Bonchev–Trinajstić information content (AvgIpc) is 2.60. The van der Waals surface area contributed by atoms with Gasteiger partial charge in [-0.2, -0.15) is 0 Å². The zero-order valence-electron chi connectivity index (χ0n) is 14.2. The van der Waals surface area contributed by atoms with Gasteiger partial charge in [0.05, 0.1) is 0 Å². The van der Waals surface area contributed by atoms with E-state index in [0.29, 0.717) is 0 Å². The summed E-state index contributed by atoms with van der Waals surface area (Å²) < 4.78 is 3.08. The van der Waals surface area contributed by atoms with Gasteiger partial charge in [-0.3, -0.25) is 0 Å². The molecule has 0 unspecified atom stereocenters. The second-order valence-electron chi connectivity index (χ2n) is 3.50. The van der Waals surface area contributed by atoms with Gasteiger partial charge in [0, 0.05) is 16.5 Å². The van der Waals surface area contributed by atoms with Crippen LogP contribution in [0, 0.1) is 0 Å². The van der Waals surface area contributed by atoms with E-state index in [2.05, 4.69) is 0 Å². The fraction of sp³-hybridized carbons (Fsp3) is 0.250. The van der Waals surface area contributed by atoms with Crippen molar-refractivity contribution in [3.05, 3.63) is 62.9 Å². The van der Waals surface area contributed by atoms with Crippen LogP contribution in [-0.2, 0) is 67.0 Å². The first-order valence-electron chi connectivity index (χ1n) is 6.72. The maximum atomic E-state index is 5.07. The maximum absolute atomic E-state index is 5.07. The van der Waals surface area contributed by atoms with Crippen LogP contribution in [0.25, 0.3) is 0 Å². The summed E-state index contributed by atoms with van der Waals surface area (Å²) >= 11 is 26.2. The molecule has 0 heterocycles. The van der Waals surface area contributed by atoms with E-state index in [1.165, 1.54) is 47.0 Å². The van der Waals surface area contributed by atoms with E-state index >= 15 is 0 Å². The second-order valence-corrected chi connectivity index (χ2v) is 9.83. The van der Waals surface area contributed by atoms with Crippen LogP contribution in [0.3, 0.4) is 0 Å².